The van der Waals surface area contributed by atoms with Gasteiger partial charge in [-0.15, -0.1) is 0 Å². The van der Waals surface area contributed by atoms with E-state index in [0.717, 1.165) is 32.4 Å². The molecule has 0 bridgehead atoms. The second kappa shape index (κ2) is 7.67. The summed E-state index contributed by atoms with van der Waals surface area (Å²) in [5, 5.41) is 3.00. The third kappa shape index (κ3) is 4.28. The SMILES string of the molecule is CCCCNC(=O)C(C)N1CCCCC1CN. The Morgan fingerprint density at radius 3 is 2.94 bits per heavy atom. The number of amides is 1. The lowest BCUT2D eigenvalue weighted by Gasteiger charge is -2.38. The molecule has 1 saturated heterocycles. The molecule has 1 aliphatic rings. The molecule has 1 heterocycles. The van der Waals surface area contributed by atoms with Gasteiger partial charge in [0.05, 0.1) is 6.04 Å². The largest absolute Gasteiger partial charge is 0.355 e. The van der Waals surface area contributed by atoms with E-state index in [9.17, 15) is 4.79 Å². The number of piperidine rings is 1. The summed E-state index contributed by atoms with van der Waals surface area (Å²) in [7, 11) is 0. The molecule has 3 N–H and O–H groups in total. The summed E-state index contributed by atoms with van der Waals surface area (Å²) < 4.78 is 0. The Morgan fingerprint density at radius 1 is 1.53 bits per heavy atom. The highest BCUT2D eigenvalue weighted by atomic mass is 16.2. The number of nitrogens with two attached hydrogens (primary N) is 1. The van der Waals surface area contributed by atoms with Crippen LogP contribution in [-0.2, 0) is 4.79 Å². The Bertz CT molecular complexity index is 233. The van der Waals surface area contributed by atoms with E-state index in [1.54, 1.807) is 0 Å². The number of hydrogen-bond acceptors (Lipinski definition) is 3. The molecule has 0 aliphatic carbocycles. The van der Waals surface area contributed by atoms with E-state index >= 15 is 0 Å². The minimum Gasteiger partial charge on any atom is -0.355 e. The molecule has 0 saturated carbocycles. The lowest BCUT2D eigenvalue weighted by Crippen LogP contribution is -2.54. The van der Waals surface area contributed by atoms with Crippen LogP contribution in [0.1, 0.15) is 46.0 Å². The second-order valence-corrected chi connectivity index (χ2v) is 4.94. The van der Waals surface area contributed by atoms with Crippen LogP contribution in [0.3, 0.4) is 0 Å². The molecule has 2 atom stereocenters. The van der Waals surface area contributed by atoms with Crippen molar-refractivity contribution < 1.29 is 4.79 Å². The van der Waals surface area contributed by atoms with Crippen LogP contribution in [0.5, 0.6) is 0 Å². The maximum Gasteiger partial charge on any atom is 0.237 e. The highest BCUT2D eigenvalue weighted by Gasteiger charge is 2.28. The van der Waals surface area contributed by atoms with E-state index in [4.69, 9.17) is 5.73 Å². The van der Waals surface area contributed by atoms with Gasteiger partial charge in [0.2, 0.25) is 5.91 Å². The first kappa shape index (κ1) is 14.5. The maximum absolute atomic E-state index is 12.0. The smallest absolute Gasteiger partial charge is 0.237 e. The predicted molar refractivity (Wildman–Crippen MR) is 70.8 cm³/mol. The Hall–Kier alpha value is -0.610. The first-order valence-corrected chi connectivity index (χ1v) is 6.94. The van der Waals surface area contributed by atoms with Crippen molar-refractivity contribution in [2.24, 2.45) is 5.73 Å². The van der Waals surface area contributed by atoms with Crippen molar-refractivity contribution in [1.82, 2.24) is 10.2 Å². The zero-order valence-electron chi connectivity index (χ0n) is 11.2. The molecule has 4 nitrogen and oxygen atoms in total. The monoisotopic (exact) mass is 241 g/mol. The van der Waals surface area contributed by atoms with Gasteiger partial charge in [-0.2, -0.15) is 0 Å². The van der Waals surface area contributed by atoms with E-state index in [-0.39, 0.29) is 11.9 Å². The van der Waals surface area contributed by atoms with Crippen molar-refractivity contribution in [1.29, 1.82) is 0 Å². The maximum atomic E-state index is 12.0. The lowest BCUT2D eigenvalue weighted by molar-refractivity contribution is -0.127. The molecule has 100 valence electrons. The molecular weight excluding hydrogens is 214 g/mol. The molecule has 1 rings (SSSR count). The van der Waals surface area contributed by atoms with Gasteiger partial charge in [0.15, 0.2) is 0 Å². The molecule has 17 heavy (non-hydrogen) atoms. The summed E-state index contributed by atoms with van der Waals surface area (Å²) in [6, 6.07) is 0.344. The molecule has 0 aromatic carbocycles. The van der Waals surface area contributed by atoms with Gasteiger partial charge in [-0.3, -0.25) is 9.69 Å². The molecule has 1 amide bonds. The fraction of sp³-hybridized carbons (Fsp3) is 0.923. The van der Waals surface area contributed by atoms with Gasteiger partial charge in [0.1, 0.15) is 0 Å². The van der Waals surface area contributed by atoms with Gasteiger partial charge in [-0.25, -0.2) is 0 Å². The van der Waals surface area contributed by atoms with E-state index in [1.807, 2.05) is 6.92 Å². The zero-order valence-corrected chi connectivity index (χ0v) is 11.2. The summed E-state index contributed by atoms with van der Waals surface area (Å²) in [5.74, 6) is 0.152. The average Bonchev–Trinajstić information content (AvgIpc) is 2.38. The van der Waals surface area contributed by atoms with Crippen LogP contribution in [-0.4, -0.2) is 42.5 Å². The van der Waals surface area contributed by atoms with Gasteiger partial charge in [0, 0.05) is 19.1 Å². The number of rotatable bonds is 6. The number of carbonyl (C=O) groups excluding carboxylic acids is 1. The van der Waals surface area contributed by atoms with Gasteiger partial charge in [-0.05, 0) is 32.7 Å². The third-order valence-corrected chi connectivity index (χ3v) is 3.65. The summed E-state index contributed by atoms with van der Waals surface area (Å²) in [6.45, 7) is 6.58. The van der Waals surface area contributed by atoms with Crippen molar-refractivity contribution in [2.75, 3.05) is 19.6 Å². The van der Waals surface area contributed by atoms with Crippen LogP contribution in [0.4, 0.5) is 0 Å². The van der Waals surface area contributed by atoms with Crippen LogP contribution in [0, 0.1) is 0 Å². The van der Waals surface area contributed by atoms with Crippen molar-refractivity contribution >= 4 is 5.91 Å². The van der Waals surface area contributed by atoms with Crippen LogP contribution in [0.15, 0.2) is 0 Å². The molecule has 0 radical (unpaired) electrons. The molecule has 1 aliphatic heterocycles. The highest BCUT2D eigenvalue weighted by molar-refractivity contribution is 5.81. The quantitative estimate of drug-likeness (QED) is 0.685. The Kier molecular flexibility index (Phi) is 6.52. The molecule has 4 heteroatoms. The molecular formula is C13H27N3O. The number of nitrogens with zero attached hydrogens (tertiary/aromatic N) is 1. The van der Waals surface area contributed by atoms with Crippen molar-refractivity contribution in [3.8, 4) is 0 Å². The highest BCUT2D eigenvalue weighted by Crippen LogP contribution is 2.18. The van der Waals surface area contributed by atoms with Gasteiger partial charge >= 0.3 is 0 Å². The first-order chi connectivity index (χ1) is 8.20. The van der Waals surface area contributed by atoms with Crippen LogP contribution in [0.25, 0.3) is 0 Å². The van der Waals surface area contributed by atoms with Crippen LogP contribution >= 0.6 is 0 Å². The number of likely N-dealkylation sites (tertiary alicyclic amines) is 1. The molecule has 0 aromatic heterocycles. The number of carbonyl (C=O) groups is 1. The summed E-state index contributed by atoms with van der Waals surface area (Å²) >= 11 is 0. The minimum atomic E-state index is -0.0410. The summed E-state index contributed by atoms with van der Waals surface area (Å²) in [6.07, 6.45) is 5.72. The summed E-state index contributed by atoms with van der Waals surface area (Å²) in [4.78, 5) is 14.3. The lowest BCUT2D eigenvalue weighted by atomic mass is 10.00. The standard InChI is InChI=1S/C13H27N3O/c1-3-4-8-15-13(17)11(2)16-9-6-5-7-12(16)10-14/h11-12H,3-10,14H2,1-2H3,(H,15,17). The van der Waals surface area contributed by atoms with E-state index in [0.29, 0.717) is 12.6 Å². The van der Waals surface area contributed by atoms with Crippen molar-refractivity contribution in [3.05, 3.63) is 0 Å². The number of hydrogen-bond donors (Lipinski definition) is 2. The topological polar surface area (TPSA) is 58.4 Å². The normalized spacial score (nSPS) is 23.4. The van der Waals surface area contributed by atoms with E-state index in [1.165, 1.54) is 12.8 Å². The molecule has 2 unspecified atom stereocenters. The number of nitrogens with one attached hydrogen (secondary N) is 1. The fourth-order valence-corrected chi connectivity index (χ4v) is 2.47. The predicted octanol–water partition coefficient (Wildman–Crippen LogP) is 1.10. The molecule has 0 aromatic rings. The zero-order chi connectivity index (χ0) is 12.7. The fourth-order valence-electron chi connectivity index (χ4n) is 2.47. The number of unbranched alkanes of at least 4 members (excludes halogenated alkanes) is 1. The first-order valence-electron chi connectivity index (χ1n) is 6.94. The van der Waals surface area contributed by atoms with Crippen molar-refractivity contribution in [3.63, 3.8) is 0 Å². The van der Waals surface area contributed by atoms with Crippen LogP contribution < -0.4 is 11.1 Å². The third-order valence-electron chi connectivity index (χ3n) is 3.65. The van der Waals surface area contributed by atoms with Gasteiger partial charge < -0.3 is 11.1 Å². The minimum absolute atomic E-state index is 0.0410. The second-order valence-electron chi connectivity index (χ2n) is 4.94. The average molecular weight is 241 g/mol. The Morgan fingerprint density at radius 2 is 2.29 bits per heavy atom. The van der Waals surface area contributed by atoms with Crippen LogP contribution in [0.2, 0.25) is 0 Å². The van der Waals surface area contributed by atoms with Gasteiger partial charge in [-0.1, -0.05) is 19.8 Å². The van der Waals surface area contributed by atoms with Gasteiger partial charge in [0.25, 0.3) is 0 Å². The molecule has 0 spiro atoms. The Balaban J connectivity index is 2.42. The summed E-state index contributed by atoms with van der Waals surface area (Å²) in [5.41, 5.74) is 5.78. The van der Waals surface area contributed by atoms with Crippen molar-refractivity contribution in [2.45, 2.75) is 58.0 Å². The molecule has 1 fully saturated rings. The van der Waals surface area contributed by atoms with E-state index < -0.39 is 0 Å². The Labute approximate surface area is 105 Å². The van der Waals surface area contributed by atoms with E-state index in [2.05, 4.69) is 17.1 Å².